The average molecular weight is 298 g/mol. The number of carbonyl (C=O) groups is 1. The van der Waals surface area contributed by atoms with E-state index in [0.29, 0.717) is 16.8 Å². The number of hydrogen-bond acceptors (Lipinski definition) is 3. The molecule has 1 N–H and O–H groups in total. The molecule has 3 rings (SSSR count). The minimum Gasteiger partial charge on any atom is -0.347 e. The highest BCUT2D eigenvalue weighted by Crippen LogP contribution is 2.25. The van der Waals surface area contributed by atoms with Crippen LogP contribution in [0.4, 0.5) is 4.39 Å². The molecule has 3 aromatic rings. The summed E-state index contributed by atoms with van der Waals surface area (Å²) in [6.07, 6.45) is 4.86. The number of imidazole rings is 1. The summed E-state index contributed by atoms with van der Waals surface area (Å²) in [6, 6.07) is 6.12. The lowest BCUT2D eigenvalue weighted by Crippen LogP contribution is -2.31. The van der Waals surface area contributed by atoms with Crippen molar-refractivity contribution in [2.75, 3.05) is 0 Å². The summed E-state index contributed by atoms with van der Waals surface area (Å²) in [5.74, 6) is -0.375. The van der Waals surface area contributed by atoms with Crippen molar-refractivity contribution in [3.8, 4) is 11.3 Å². The third-order valence-corrected chi connectivity index (χ3v) is 3.17. The quantitative estimate of drug-likeness (QED) is 0.808. The zero-order valence-electron chi connectivity index (χ0n) is 12.2. The minimum atomic E-state index is -0.351. The number of benzene rings is 1. The summed E-state index contributed by atoms with van der Waals surface area (Å²) in [4.78, 5) is 20.8. The highest BCUT2D eigenvalue weighted by atomic mass is 19.1. The highest BCUT2D eigenvalue weighted by Gasteiger charge is 2.19. The van der Waals surface area contributed by atoms with Crippen LogP contribution in [-0.2, 0) is 0 Å². The maximum Gasteiger partial charge on any atom is 0.287 e. The van der Waals surface area contributed by atoms with E-state index in [1.807, 2.05) is 13.8 Å². The van der Waals surface area contributed by atoms with E-state index >= 15 is 0 Å². The van der Waals surface area contributed by atoms with Gasteiger partial charge in [-0.2, -0.15) is 0 Å². The van der Waals surface area contributed by atoms with Crippen molar-refractivity contribution < 1.29 is 9.18 Å². The standard InChI is InChI=1S/C16H15FN4O/c1-10(2)19-16(22)15-20-14(11-4-3-5-12(17)8-11)13-9-18-6-7-21(13)15/h3-10H,1-2H3,(H,19,22). The van der Waals surface area contributed by atoms with Crippen molar-refractivity contribution in [2.24, 2.45) is 0 Å². The number of carbonyl (C=O) groups excluding carboxylic acids is 1. The number of fused-ring (bicyclic) bond motifs is 1. The van der Waals surface area contributed by atoms with Gasteiger partial charge in [-0.3, -0.25) is 14.2 Å². The summed E-state index contributed by atoms with van der Waals surface area (Å²) in [6.45, 7) is 3.76. The molecular weight excluding hydrogens is 283 g/mol. The molecule has 1 aromatic carbocycles. The molecule has 22 heavy (non-hydrogen) atoms. The molecule has 0 spiro atoms. The third kappa shape index (κ3) is 2.55. The lowest BCUT2D eigenvalue weighted by molar-refractivity contribution is 0.0932. The smallest absolute Gasteiger partial charge is 0.287 e. The molecule has 0 atom stereocenters. The number of halogens is 1. The van der Waals surface area contributed by atoms with Crippen LogP contribution in [0.2, 0.25) is 0 Å². The second-order valence-corrected chi connectivity index (χ2v) is 5.25. The SMILES string of the molecule is CC(C)NC(=O)c1nc(-c2cccc(F)c2)c2cnccn12. The van der Waals surface area contributed by atoms with E-state index in [9.17, 15) is 9.18 Å². The monoisotopic (exact) mass is 298 g/mol. The number of nitrogens with one attached hydrogen (secondary N) is 1. The maximum absolute atomic E-state index is 13.5. The third-order valence-electron chi connectivity index (χ3n) is 3.17. The van der Waals surface area contributed by atoms with Crippen LogP contribution in [0.25, 0.3) is 16.8 Å². The lowest BCUT2D eigenvalue weighted by atomic mass is 10.1. The number of amides is 1. The Balaban J connectivity index is 2.18. The van der Waals surface area contributed by atoms with Crippen molar-refractivity contribution in [2.45, 2.75) is 19.9 Å². The fraction of sp³-hybridized carbons (Fsp3) is 0.188. The van der Waals surface area contributed by atoms with Crippen molar-refractivity contribution >= 4 is 11.4 Å². The first-order chi connectivity index (χ1) is 10.6. The number of aromatic nitrogens is 3. The Labute approximate surface area is 126 Å². The summed E-state index contributed by atoms with van der Waals surface area (Å²) in [7, 11) is 0. The van der Waals surface area contributed by atoms with Gasteiger partial charge in [0.25, 0.3) is 5.91 Å². The Morgan fingerprint density at radius 1 is 1.36 bits per heavy atom. The number of rotatable bonds is 3. The summed E-state index contributed by atoms with van der Waals surface area (Å²) >= 11 is 0. The van der Waals surface area contributed by atoms with E-state index in [1.165, 1.54) is 12.1 Å². The number of nitrogens with zero attached hydrogens (tertiary/aromatic N) is 3. The van der Waals surface area contributed by atoms with Gasteiger partial charge in [0.15, 0.2) is 0 Å². The van der Waals surface area contributed by atoms with Gasteiger partial charge in [0, 0.05) is 24.0 Å². The summed E-state index contributed by atoms with van der Waals surface area (Å²) < 4.78 is 15.1. The normalized spacial score (nSPS) is 11.1. The topological polar surface area (TPSA) is 59.3 Å². The van der Waals surface area contributed by atoms with E-state index in [4.69, 9.17) is 0 Å². The van der Waals surface area contributed by atoms with Crippen LogP contribution in [0, 0.1) is 5.82 Å². The largest absolute Gasteiger partial charge is 0.347 e. The minimum absolute atomic E-state index is 0.000642. The molecule has 1 amide bonds. The Hall–Kier alpha value is -2.76. The molecule has 6 heteroatoms. The van der Waals surface area contributed by atoms with Gasteiger partial charge in [0.05, 0.1) is 17.4 Å². The lowest BCUT2D eigenvalue weighted by Gasteiger charge is -2.06. The molecule has 2 aromatic heterocycles. The molecule has 0 saturated heterocycles. The summed E-state index contributed by atoms with van der Waals surface area (Å²) in [5.41, 5.74) is 1.79. The molecule has 2 heterocycles. The van der Waals surface area contributed by atoms with E-state index in [1.54, 1.807) is 35.1 Å². The van der Waals surface area contributed by atoms with Gasteiger partial charge in [0.2, 0.25) is 5.82 Å². The maximum atomic E-state index is 13.5. The van der Waals surface area contributed by atoms with Gasteiger partial charge < -0.3 is 5.32 Å². The van der Waals surface area contributed by atoms with Gasteiger partial charge in [-0.15, -0.1) is 0 Å². The highest BCUT2D eigenvalue weighted by molar-refractivity contribution is 5.94. The van der Waals surface area contributed by atoms with Gasteiger partial charge in [-0.05, 0) is 26.0 Å². The molecule has 0 fully saturated rings. The molecule has 0 aliphatic heterocycles. The first kappa shape index (κ1) is 14.2. The first-order valence-electron chi connectivity index (χ1n) is 6.95. The molecule has 112 valence electrons. The van der Waals surface area contributed by atoms with Crippen LogP contribution in [0.5, 0.6) is 0 Å². The van der Waals surface area contributed by atoms with E-state index < -0.39 is 0 Å². The van der Waals surface area contributed by atoms with Crippen LogP contribution in [0.1, 0.15) is 24.5 Å². The molecule has 0 saturated carbocycles. The summed E-state index contributed by atoms with van der Waals surface area (Å²) in [5, 5.41) is 2.81. The molecule has 5 nitrogen and oxygen atoms in total. The molecule has 0 radical (unpaired) electrons. The van der Waals surface area contributed by atoms with Gasteiger partial charge in [-0.25, -0.2) is 9.37 Å². The average Bonchev–Trinajstić information content (AvgIpc) is 2.86. The second-order valence-electron chi connectivity index (χ2n) is 5.25. The first-order valence-corrected chi connectivity index (χ1v) is 6.95. The van der Waals surface area contributed by atoms with E-state index in [2.05, 4.69) is 15.3 Å². The van der Waals surface area contributed by atoms with Crippen LogP contribution >= 0.6 is 0 Å². The van der Waals surface area contributed by atoms with Crippen LogP contribution in [0.3, 0.4) is 0 Å². The molecule has 0 unspecified atom stereocenters. The Morgan fingerprint density at radius 2 is 2.18 bits per heavy atom. The van der Waals surface area contributed by atoms with Crippen molar-refractivity contribution in [1.82, 2.24) is 19.7 Å². The van der Waals surface area contributed by atoms with Gasteiger partial charge in [-0.1, -0.05) is 12.1 Å². The zero-order chi connectivity index (χ0) is 15.7. The van der Waals surface area contributed by atoms with Crippen LogP contribution < -0.4 is 5.32 Å². The predicted molar refractivity (Wildman–Crippen MR) is 81.0 cm³/mol. The Morgan fingerprint density at radius 3 is 2.91 bits per heavy atom. The second kappa shape index (κ2) is 5.55. The van der Waals surface area contributed by atoms with Gasteiger partial charge in [0.1, 0.15) is 5.82 Å². The Kier molecular flexibility index (Phi) is 3.58. The van der Waals surface area contributed by atoms with Crippen molar-refractivity contribution in [3.05, 3.63) is 54.5 Å². The van der Waals surface area contributed by atoms with Crippen molar-refractivity contribution in [3.63, 3.8) is 0 Å². The fourth-order valence-electron chi connectivity index (χ4n) is 2.27. The van der Waals surface area contributed by atoms with Crippen LogP contribution in [-0.4, -0.2) is 26.3 Å². The van der Waals surface area contributed by atoms with E-state index in [0.717, 1.165) is 0 Å². The predicted octanol–water partition coefficient (Wildman–Crippen LogP) is 2.67. The Bertz CT molecular complexity index is 841. The molecule has 0 bridgehead atoms. The zero-order valence-corrected chi connectivity index (χ0v) is 12.2. The molecule has 0 aliphatic rings. The van der Waals surface area contributed by atoms with Crippen molar-refractivity contribution in [1.29, 1.82) is 0 Å². The fourth-order valence-corrected chi connectivity index (χ4v) is 2.27. The van der Waals surface area contributed by atoms with Gasteiger partial charge >= 0.3 is 0 Å². The van der Waals surface area contributed by atoms with Crippen LogP contribution in [0.15, 0.2) is 42.9 Å². The molecular formula is C16H15FN4O. The number of hydrogen-bond donors (Lipinski definition) is 1. The molecule has 0 aliphatic carbocycles. The van der Waals surface area contributed by atoms with E-state index in [-0.39, 0.29) is 23.6 Å².